The van der Waals surface area contributed by atoms with Gasteiger partial charge in [0.25, 0.3) is 0 Å². The van der Waals surface area contributed by atoms with E-state index in [-0.39, 0.29) is 11.4 Å². The van der Waals surface area contributed by atoms with Gasteiger partial charge in [-0.15, -0.1) is 0 Å². The van der Waals surface area contributed by atoms with Crippen molar-refractivity contribution in [3.63, 3.8) is 0 Å². The Morgan fingerprint density at radius 3 is 2.15 bits per heavy atom. The molecular weight excluding hydrogens is 344 g/mol. The molecule has 3 aromatic rings. The Labute approximate surface area is 155 Å². The number of rotatable bonds is 7. The molecule has 0 heterocycles. The highest BCUT2D eigenvalue weighted by Crippen LogP contribution is 2.19. The van der Waals surface area contributed by atoms with Crippen LogP contribution >= 0.6 is 0 Å². The zero-order chi connectivity index (χ0) is 18.6. The minimum atomic E-state index is -3.55. The lowest BCUT2D eigenvalue weighted by Crippen LogP contribution is -2.23. The first kappa shape index (κ1) is 18.4. The summed E-state index contributed by atoms with van der Waals surface area (Å²) < 4.78 is 27.9. The third-order valence-electron chi connectivity index (χ3n) is 4.56. The normalized spacial score (nSPS) is 11.6. The Morgan fingerprint density at radius 2 is 1.50 bits per heavy atom. The summed E-state index contributed by atoms with van der Waals surface area (Å²) in [7, 11) is -3.55. The average Bonchev–Trinajstić information content (AvgIpc) is 2.68. The molecule has 0 saturated carbocycles. The van der Waals surface area contributed by atoms with Gasteiger partial charge in [-0.25, -0.2) is 13.1 Å². The molecule has 0 radical (unpaired) electrons. The summed E-state index contributed by atoms with van der Waals surface area (Å²) in [6, 6.07) is 20.9. The number of hydrogen-bond donors (Lipinski definition) is 1. The van der Waals surface area contributed by atoms with Crippen molar-refractivity contribution in [2.24, 2.45) is 0 Å². The van der Waals surface area contributed by atoms with E-state index < -0.39 is 10.0 Å². The van der Waals surface area contributed by atoms with Gasteiger partial charge in [0.05, 0.1) is 4.90 Å². The summed E-state index contributed by atoms with van der Waals surface area (Å²) in [5, 5.41) is 1.94. The van der Waals surface area contributed by atoms with Gasteiger partial charge in [0.2, 0.25) is 10.0 Å². The van der Waals surface area contributed by atoms with Crippen molar-refractivity contribution in [2.45, 2.75) is 25.3 Å². The molecule has 0 aliphatic rings. The minimum Gasteiger partial charge on any atom is -0.372 e. The van der Waals surface area contributed by atoms with Crippen LogP contribution in [0.25, 0.3) is 10.8 Å². The highest BCUT2D eigenvalue weighted by Gasteiger charge is 2.14. The largest absolute Gasteiger partial charge is 0.372 e. The second-order valence-corrected chi connectivity index (χ2v) is 7.94. The van der Waals surface area contributed by atoms with E-state index in [2.05, 4.69) is 23.5 Å². The smallest absolute Gasteiger partial charge is 0.240 e. The average molecular weight is 369 g/mol. The highest BCUT2D eigenvalue weighted by molar-refractivity contribution is 7.89. The second kappa shape index (κ2) is 7.89. The van der Waals surface area contributed by atoms with E-state index >= 15 is 0 Å². The fourth-order valence-corrected chi connectivity index (χ4v) is 4.06. The third kappa shape index (κ3) is 4.06. The van der Waals surface area contributed by atoms with Gasteiger partial charge in [-0.05, 0) is 54.4 Å². The molecule has 0 atom stereocenters. The predicted molar refractivity (Wildman–Crippen MR) is 108 cm³/mol. The van der Waals surface area contributed by atoms with Crippen molar-refractivity contribution in [3.05, 3.63) is 72.3 Å². The molecule has 0 unspecified atom stereocenters. The van der Waals surface area contributed by atoms with Crippen molar-refractivity contribution >= 4 is 26.5 Å². The Hall–Kier alpha value is -2.37. The minimum absolute atomic E-state index is 0.272. The number of nitrogens with zero attached hydrogens (tertiary/aromatic N) is 1. The van der Waals surface area contributed by atoms with Crippen LogP contribution in [0.15, 0.2) is 71.6 Å². The molecule has 0 aromatic heterocycles. The second-order valence-electron chi connectivity index (χ2n) is 6.17. The molecule has 0 amide bonds. The Bertz CT molecular complexity index is 978. The molecule has 0 spiro atoms. The maximum atomic E-state index is 12.6. The fraction of sp³-hybridized carbons (Fsp3) is 0.238. The van der Waals surface area contributed by atoms with Crippen molar-refractivity contribution in [1.29, 1.82) is 0 Å². The monoisotopic (exact) mass is 368 g/mol. The Morgan fingerprint density at radius 1 is 0.846 bits per heavy atom. The standard InChI is InChI=1S/C21H24N2O2S/c1-3-23(4-2)20-12-9-17(10-13-20)16-22-26(24,25)21-14-11-18-7-5-6-8-19(18)15-21/h5-15,22H,3-4,16H2,1-2H3. The van der Waals surface area contributed by atoms with Gasteiger partial charge in [-0.3, -0.25) is 0 Å². The zero-order valence-corrected chi connectivity index (χ0v) is 16.0. The van der Waals surface area contributed by atoms with Gasteiger partial charge >= 0.3 is 0 Å². The quantitative estimate of drug-likeness (QED) is 0.681. The van der Waals surface area contributed by atoms with E-state index in [1.54, 1.807) is 12.1 Å². The highest BCUT2D eigenvalue weighted by atomic mass is 32.2. The van der Waals surface area contributed by atoms with Gasteiger partial charge in [0.1, 0.15) is 0 Å². The summed E-state index contributed by atoms with van der Waals surface area (Å²) in [4.78, 5) is 2.54. The molecule has 4 nitrogen and oxygen atoms in total. The summed E-state index contributed by atoms with van der Waals surface area (Å²) in [5.41, 5.74) is 2.08. The van der Waals surface area contributed by atoms with E-state index in [0.717, 1.165) is 35.1 Å². The van der Waals surface area contributed by atoms with Crippen LogP contribution in [0.1, 0.15) is 19.4 Å². The van der Waals surface area contributed by atoms with Crippen molar-refractivity contribution < 1.29 is 8.42 Å². The molecule has 26 heavy (non-hydrogen) atoms. The van der Waals surface area contributed by atoms with Crippen LogP contribution in [0.5, 0.6) is 0 Å². The first-order chi connectivity index (χ1) is 12.5. The maximum Gasteiger partial charge on any atom is 0.240 e. The molecule has 0 bridgehead atoms. The van der Waals surface area contributed by atoms with Gasteiger partial charge < -0.3 is 4.90 Å². The summed E-state index contributed by atoms with van der Waals surface area (Å²) in [5.74, 6) is 0. The first-order valence-corrected chi connectivity index (χ1v) is 10.3. The topological polar surface area (TPSA) is 49.4 Å². The molecule has 3 aromatic carbocycles. The Balaban J connectivity index is 1.73. The zero-order valence-electron chi connectivity index (χ0n) is 15.1. The summed E-state index contributed by atoms with van der Waals surface area (Å²) in [6.07, 6.45) is 0. The van der Waals surface area contributed by atoms with Gasteiger partial charge in [-0.1, -0.05) is 42.5 Å². The number of fused-ring (bicyclic) bond motifs is 1. The molecule has 0 fully saturated rings. The van der Waals surface area contributed by atoms with Crippen LogP contribution in [0.4, 0.5) is 5.69 Å². The number of hydrogen-bond acceptors (Lipinski definition) is 3. The maximum absolute atomic E-state index is 12.6. The van der Waals surface area contributed by atoms with E-state index in [1.807, 2.05) is 54.6 Å². The molecule has 136 valence electrons. The molecule has 3 rings (SSSR count). The van der Waals surface area contributed by atoms with E-state index in [1.165, 1.54) is 0 Å². The van der Waals surface area contributed by atoms with Crippen LogP contribution in [0.3, 0.4) is 0 Å². The van der Waals surface area contributed by atoms with Crippen LogP contribution in [0, 0.1) is 0 Å². The number of benzene rings is 3. The van der Waals surface area contributed by atoms with Crippen LogP contribution < -0.4 is 9.62 Å². The molecular formula is C21H24N2O2S. The first-order valence-electron chi connectivity index (χ1n) is 8.86. The van der Waals surface area contributed by atoms with Gasteiger partial charge in [0, 0.05) is 25.3 Å². The van der Waals surface area contributed by atoms with Crippen LogP contribution in [0.2, 0.25) is 0 Å². The molecule has 0 aliphatic heterocycles. The summed E-state index contributed by atoms with van der Waals surface area (Å²) >= 11 is 0. The molecule has 5 heteroatoms. The Kier molecular flexibility index (Phi) is 5.59. The SMILES string of the molecule is CCN(CC)c1ccc(CNS(=O)(=O)c2ccc3ccccc3c2)cc1. The van der Waals surface area contributed by atoms with Gasteiger partial charge in [0.15, 0.2) is 0 Å². The predicted octanol–water partition coefficient (Wildman–Crippen LogP) is 4.16. The van der Waals surface area contributed by atoms with E-state index in [0.29, 0.717) is 0 Å². The fourth-order valence-electron chi connectivity index (χ4n) is 3.01. The van der Waals surface area contributed by atoms with Crippen LogP contribution in [-0.4, -0.2) is 21.5 Å². The molecule has 0 saturated heterocycles. The lowest BCUT2D eigenvalue weighted by Gasteiger charge is -2.21. The van der Waals surface area contributed by atoms with Crippen molar-refractivity contribution in [3.8, 4) is 0 Å². The summed E-state index contributed by atoms with van der Waals surface area (Å²) in [6.45, 7) is 6.41. The number of nitrogens with one attached hydrogen (secondary N) is 1. The van der Waals surface area contributed by atoms with Gasteiger partial charge in [-0.2, -0.15) is 0 Å². The van der Waals surface area contributed by atoms with E-state index in [9.17, 15) is 8.42 Å². The number of sulfonamides is 1. The van der Waals surface area contributed by atoms with Crippen molar-refractivity contribution in [2.75, 3.05) is 18.0 Å². The lowest BCUT2D eigenvalue weighted by molar-refractivity contribution is 0.581. The third-order valence-corrected chi connectivity index (χ3v) is 5.96. The lowest BCUT2D eigenvalue weighted by atomic mass is 10.1. The number of anilines is 1. The molecule has 0 aliphatic carbocycles. The van der Waals surface area contributed by atoms with Crippen molar-refractivity contribution in [1.82, 2.24) is 4.72 Å². The molecule has 1 N–H and O–H groups in total. The van der Waals surface area contributed by atoms with E-state index in [4.69, 9.17) is 0 Å². The van der Waals surface area contributed by atoms with Crippen LogP contribution in [-0.2, 0) is 16.6 Å².